The van der Waals surface area contributed by atoms with E-state index in [0.29, 0.717) is 17.9 Å². The number of aromatic nitrogens is 3. The predicted molar refractivity (Wildman–Crippen MR) is 175 cm³/mol. The highest BCUT2D eigenvalue weighted by Gasteiger charge is 2.34. The van der Waals surface area contributed by atoms with Gasteiger partial charge in [0.05, 0.1) is 29.1 Å². The zero-order valence-corrected chi connectivity index (χ0v) is 25.0. The fourth-order valence-electron chi connectivity index (χ4n) is 4.98. The first-order chi connectivity index (χ1) is 21.0. The summed E-state index contributed by atoms with van der Waals surface area (Å²) in [6.45, 7) is 0.328. The van der Waals surface area contributed by atoms with E-state index in [-0.39, 0.29) is 5.91 Å². The lowest BCUT2D eigenvalue weighted by Crippen LogP contribution is -2.29. The lowest BCUT2D eigenvalue weighted by molar-refractivity contribution is 0.0851. The summed E-state index contributed by atoms with van der Waals surface area (Å²) < 4.78 is 14.0. The number of fused-ring (bicyclic) bond motifs is 3. The Hall–Kier alpha value is -4.62. The van der Waals surface area contributed by atoms with Gasteiger partial charge >= 0.3 is 0 Å². The van der Waals surface area contributed by atoms with Crippen LogP contribution in [0.15, 0.2) is 113 Å². The maximum atomic E-state index is 13.9. The fraction of sp³-hybridized carbons (Fsp3) is 0.0588. The molecule has 1 amide bonds. The molecule has 0 spiro atoms. The van der Waals surface area contributed by atoms with Gasteiger partial charge in [-0.25, -0.2) is 0 Å². The van der Waals surface area contributed by atoms with Crippen molar-refractivity contribution in [2.75, 3.05) is 7.05 Å². The minimum Gasteiger partial charge on any atom is -0.436 e. The van der Waals surface area contributed by atoms with E-state index in [1.165, 1.54) is 16.4 Å². The zero-order chi connectivity index (χ0) is 29.4. The average molecular weight is 603 g/mol. The quantitative estimate of drug-likeness (QED) is 0.193. The highest BCUT2D eigenvalue weighted by atomic mass is 32.2. The molecule has 1 atom stereocenters. The van der Waals surface area contributed by atoms with Crippen molar-refractivity contribution in [1.29, 1.82) is 0 Å². The number of carbonyl (C=O) groups is 1. The molecule has 3 heterocycles. The molecule has 7 rings (SSSR count). The third kappa shape index (κ3) is 5.37. The lowest BCUT2D eigenvalue weighted by Gasteiger charge is -2.37. The minimum atomic E-state index is -2.95. The van der Waals surface area contributed by atoms with Gasteiger partial charge in [-0.15, -0.1) is 0 Å². The second-order valence-electron chi connectivity index (χ2n) is 10.1. The lowest BCUT2D eigenvalue weighted by atomic mass is 10.1. The van der Waals surface area contributed by atoms with E-state index in [2.05, 4.69) is 33.6 Å². The SMILES string of the molecule is C=P1(N(C)C(=O)c2ccccc2Sc2ccc3c(/C=C/c4ccccn4)n[nH]c3c2)OCc2cc3ccccc3cc2O1. The van der Waals surface area contributed by atoms with Crippen molar-refractivity contribution in [3.63, 3.8) is 0 Å². The Morgan fingerprint density at radius 3 is 2.60 bits per heavy atom. The van der Waals surface area contributed by atoms with Gasteiger partial charge < -0.3 is 9.05 Å². The number of amides is 1. The Labute approximate surface area is 253 Å². The first-order valence-corrected chi connectivity index (χ1v) is 16.3. The number of nitrogens with zero attached hydrogens (tertiary/aromatic N) is 3. The van der Waals surface area contributed by atoms with Crippen molar-refractivity contribution >= 4 is 65.3 Å². The molecule has 1 unspecified atom stereocenters. The molecule has 6 aromatic rings. The Morgan fingerprint density at radius 1 is 0.977 bits per heavy atom. The van der Waals surface area contributed by atoms with Crippen LogP contribution in [0, 0.1) is 0 Å². The number of carbonyl (C=O) groups excluding carboxylic acids is 1. The van der Waals surface area contributed by atoms with Gasteiger partial charge in [0.25, 0.3) is 13.4 Å². The summed E-state index contributed by atoms with van der Waals surface area (Å²) >= 11 is 1.52. The monoisotopic (exact) mass is 602 g/mol. The molecule has 0 saturated heterocycles. The highest BCUT2D eigenvalue weighted by Crippen LogP contribution is 2.56. The van der Waals surface area contributed by atoms with Gasteiger partial charge in [-0.05, 0) is 83.8 Å². The Balaban J connectivity index is 1.12. The minimum absolute atomic E-state index is 0.208. The number of rotatable bonds is 6. The van der Waals surface area contributed by atoms with Crippen LogP contribution in [-0.2, 0) is 11.1 Å². The first-order valence-electron chi connectivity index (χ1n) is 13.7. The van der Waals surface area contributed by atoms with Gasteiger partial charge in [0.1, 0.15) is 5.75 Å². The van der Waals surface area contributed by atoms with E-state index in [4.69, 9.17) is 9.05 Å². The second kappa shape index (κ2) is 11.2. The average Bonchev–Trinajstić information content (AvgIpc) is 3.45. The van der Waals surface area contributed by atoms with Crippen LogP contribution in [0.4, 0.5) is 0 Å². The zero-order valence-electron chi connectivity index (χ0n) is 23.3. The van der Waals surface area contributed by atoms with Crippen LogP contribution in [0.5, 0.6) is 5.75 Å². The molecule has 9 heteroatoms. The molecular weight excluding hydrogens is 575 g/mol. The molecule has 0 aliphatic carbocycles. The summed E-state index contributed by atoms with van der Waals surface area (Å²) in [5.74, 6) is 0.498. The molecule has 1 N–H and O–H groups in total. The number of benzene rings is 4. The van der Waals surface area contributed by atoms with Gasteiger partial charge in [-0.2, -0.15) is 5.10 Å². The third-order valence-electron chi connectivity index (χ3n) is 7.35. The standard InChI is InChI=1S/C34H27N4O3PS/c1-38(42(2)40-22-25-19-23-9-3-4-10-24(23)20-32(25)41-42)34(39)29-12-5-6-13-33(29)43-27-15-16-28-30(36-37-31(28)21-27)17-14-26-11-7-8-18-35-26/h3-21H,2,22H2,1H3,(H,36,37)/b17-14+. The van der Waals surface area contributed by atoms with E-state index in [9.17, 15) is 4.79 Å². The molecule has 43 heavy (non-hydrogen) atoms. The molecule has 2 aromatic heterocycles. The third-order valence-corrected chi connectivity index (χ3v) is 10.5. The normalized spacial score (nSPS) is 16.3. The molecule has 0 fully saturated rings. The van der Waals surface area contributed by atoms with Crippen LogP contribution >= 0.6 is 19.3 Å². The fourth-order valence-corrected chi connectivity index (χ4v) is 7.51. The van der Waals surface area contributed by atoms with Gasteiger partial charge in [0.15, 0.2) is 0 Å². The number of hydrogen-bond acceptors (Lipinski definition) is 6. The summed E-state index contributed by atoms with van der Waals surface area (Å²) in [4.78, 5) is 20.0. The van der Waals surface area contributed by atoms with Gasteiger partial charge in [-0.1, -0.05) is 54.2 Å². The van der Waals surface area contributed by atoms with Crippen molar-refractivity contribution in [3.8, 4) is 5.75 Å². The van der Waals surface area contributed by atoms with Gasteiger partial charge in [-0.3, -0.25) is 19.5 Å². The van der Waals surface area contributed by atoms with Gasteiger partial charge in [0, 0.05) is 34.0 Å². The topological polar surface area (TPSA) is 80.3 Å². The molecule has 0 saturated carbocycles. The van der Waals surface area contributed by atoms with E-state index in [1.807, 2.05) is 97.1 Å². The van der Waals surface area contributed by atoms with Crippen molar-refractivity contribution in [1.82, 2.24) is 19.9 Å². The molecule has 1 aliphatic heterocycles. The van der Waals surface area contributed by atoms with Crippen LogP contribution < -0.4 is 4.52 Å². The molecule has 7 nitrogen and oxygen atoms in total. The summed E-state index contributed by atoms with van der Waals surface area (Å²) in [5, 5.41) is 10.8. The first kappa shape index (κ1) is 27.2. The summed E-state index contributed by atoms with van der Waals surface area (Å²) in [6.07, 6.45) is 9.94. The van der Waals surface area contributed by atoms with E-state index in [0.717, 1.165) is 48.4 Å². The van der Waals surface area contributed by atoms with Crippen LogP contribution in [0.1, 0.15) is 27.3 Å². The Kier molecular flexibility index (Phi) is 7.11. The number of hydrogen-bond donors (Lipinski definition) is 1. The number of nitrogens with one attached hydrogen (secondary N) is 1. The van der Waals surface area contributed by atoms with E-state index in [1.54, 1.807) is 13.2 Å². The van der Waals surface area contributed by atoms with Crippen molar-refractivity contribution < 1.29 is 13.8 Å². The van der Waals surface area contributed by atoms with Crippen LogP contribution in [0.3, 0.4) is 0 Å². The molecule has 0 radical (unpaired) electrons. The Morgan fingerprint density at radius 2 is 1.77 bits per heavy atom. The number of aromatic amines is 1. The molecular formula is C34H27N4O3PS. The van der Waals surface area contributed by atoms with Crippen molar-refractivity contribution in [2.45, 2.75) is 16.4 Å². The largest absolute Gasteiger partial charge is 0.436 e. The summed E-state index contributed by atoms with van der Waals surface area (Å²) in [6, 6.07) is 31.6. The number of H-pyrrole nitrogens is 1. The summed E-state index contributed by atoms with van der Waals surface area (Å²) in [7, 11) is -1.25. The van der Waals surface area contributed by atoms with Gasteiger partial charge in [0.2, 0.25) is 0 Å². The van der Waals surface area contributed by atoms with Crippen LogP contribution in [0.2, 0.25) is 0 Å². The predicted octanol–water partition coefficient (Wildman–Crippen LogP) is 8.31. The second-order valence-corrected chi connectivity index (χ2v) is 13.6. The maximum absolute atomic E-state index is 13.9. The molecule has 0 bridgehead atoms. The van der Waals surface area contributed by atoms with E-state index < -0.39 is 7.49 Å². The smallest absolute Gasteiger partial charge is 0.268 e. The number of pyridine rings is 1. The molecule has 212 valence electrons. The van der Waals surface area contributed by atoms with Crippen molar-refractivity contribution in [2.24, 2.45) is 0 Å². The van der Waals surface area contributed by atoms with Crippen LogP contribution in [-0.4, -0.2) is 39.1 Å². The molecule has 4 aromatic carbocycles. The van der Waals surface area contributed by atoms with Crippen LogP contribution in [0.25, 0.3) is 33.8 Å². The van der Waals surface area contributed by atoms with Crippen molar-refractivity contribution in [3.05, 3.63) is 126 Å². The maximum Gasteiger partial charge on any atom is 0.268 e. The molecule has 1 aliphatic rings. The van der Waals surface area contributed by atoms with E-state index >= 15 is 0 Å². The summed E-state index contributed by atoms with van der Waals surface area (Å²) in [5.41, 5.74) is 4.11. The Bertz CT molecular complexity index is 2080. The highest BCUT2D eigenvalue weighted by molar-refractivity contribution is 7.99.